The predicted molar refractivity (Wildman–Crippen MR) is 107 cm³/mol. The van der Waals surface area contributed by atoms with E-state index in [1.165, 1.54) is 0 Å². The van der Waals surface area contributed by atoms with E-state index in [0.717, 1.165) is 28.1 Å². The molecule has 3 aromatic rings. The summed E-state index contributed by atoms with van der Waals surface area (Å²) in [5, 5.41) is 11.2. The van der Waals surface area contributed by atoms with Crippen LogP contribution in [0.5, 0.6) is 5.75 Å². The third-order valence-corrected chi connectivity index (χ3v) is 4.61. The molecule has 1 aromatic carbocycles. The molecule has 0 atom stereocenters. The van der Waals surface area contributed by atoms with Crippen LogP contribution in [0, 0.1) is 27.7 Å². The van der Waals surface area contributed by atoms with E-state index in [1.54, 1.807) is 10.7 Å². The molecule has 9 nitrogen and oxygen atoms in total. The Morgan fingerprint density at radius 3 is 2.59 bits per heavy atom. The summed E-state index contributed by atoms with van der Waals surface area (Å²) in [4.78, 5) is 24.3. The van der Waals surface area contributed by atoms with Gasteiger partial charge >= 0.3 is 0 Å². The number of aryl methyl sites for hydroxylation is 4. The second kappa shape index (κ2) is 8.17. The minimum Gasteiger partial charge on any atom is -0.483 e. The predicted octanol–water partition coefficient (Wildman–Crippen LogP) is 1.88. The molecule has 0 aliphatic heterocycles. The molecule has 29 heavy (non-hydrogen) atoms. The number of nitrogens with one attached hydrogen (secondary N) is 3. The van der Waals surface area contributed by atoms with Gasteiger partial charge in [0.1, 0.15) is 11.4 Å². The second-order valence-corrected chi connectivity index (χ2v) is 6.90. The molecule has 3 rings (SSSR count). The number of nitrogens with zero attached hydrogens (tertiary/aromatic N) is 3. The number of carbonyl (C=O) groups excluding carboxylic acids is 2. The molecule has 0 saturated heterocycles. The first-order valence-corrected chi connectivity index (χ1v) is 9.11. The standard InChI is InChI=1S/C20H24N6O3/c1-11-6-7-12(2)17(8-11)29-10-18(27)23-24-20(28)16-9-15(21-22-16)19-13(3)25-26(5)14(19)4/h6-9H,10H2,1-5H3,(H,21,22)(H,23,27)(H,24,28). The quantitative estimate of drug-likeness (QED) is 0.570. The summed E-state index contributed by atoms with van der Waals surface area (Å²) in [5.74, 6) is -0.354. The van der Waals surface area contributed by atoms with Crippen LogP contribution >= 0.6 is 0 Å². The van der Waals surface area contributed by atoms with E-state index < -0.39 is 11.8 Å². The molecule has 0 fully saturated rings. The smallest absolute Gasteiger partial charge is 0.287 e. The molecule has 152 valence electrons. The summed E-state index contributed by atoms with van der Waals surface area (Å²) < 4.78 is 7.27. The number of aromatic nitrogens is 4. The van der Waals surface area contributed by atoms with Crippen molar-refractivity contribution in [3.8, 4) is 17.0 Å². The number of hydrazine groups is 1. The summed E-state index contributed by atoms with van der Waals surface area (Å²) >= 11 is 0. The number of rotatable bonds is 5. The van der Waals surface area contributed by atoms with Gasteiger partial charge in [0.15, 0.2) is 6.61 Å². The fourth-order valence-corrected chi connectivity index (χ4v) is 2.95. The van der Waals surface area contributed by atoms with Crippen LogP contribution in [0.25, 0.3) is 11.3 Å². The number of hydrogen-bond acceptors (Lipinski definition) is 5. The lowest BCUT2D eigenvalue weighted by Gasteiger charge is -2.10. The Morgan fingerprint density at radius 2 is 1.90 bits per heavy atom. The Kier molecular flexibility index (Phi) is 5.67. The van der Waals surface area contributed by atoms with Crippen LogP contribution in [-0.2, 0) is 11.8 Å². The molecule has 0 radical (unpaired) electrons. The van der Waals surface area contributed by atoms with E-state index in [0.29, 0.717) is 11.4 Å². The van der Waals surface area contributed by atoms with Crippen LogP contribution in [0.3, 0.4) is 0 Å². The van der Waals surface area contributed by atoms with Crippen LogP contribution in [0.1, 0.15) is 33.0 Å². The maximum Gasteiger partial charge on any atom is 0.287 e. The van der Waals surface area contributed by atoms with Crippen LogP contribution in [0.4, 0.5) is 0 Å². The zero-order valence-electron chi connectivity index (χ0n) is 17.1. The third-order valence-electron chi connectivity index (χ3n) is 4.61. The molecule has 9 heteroatoms. The molecule has 2 heterocycles. The SMILES string of the molecule is Cc1ccc(C)c(OCC(=O)NNC(=O)c2cc(-c3c(C)nn(C)c3C)n[nH]2)c1. The van der Waals surface area contributed by atoms with E-state index in [2.05, 4.69) is 26.1 Å². The largest absolute Gasteiger partial charge is 0.483 e. The Hall–Kier alpha value is -3.62. The van der Waals surface area contributed by atoms with Crippen molar-refractivity contribution in [3.63, 3.8) is 0 Å². The molecule has 0 unspecified atom stereocenters. The van der Waals surface area contributed by atoms with Gasteiger partial charge in [-0.15, -0.1) is 0 Å². The summed E-state index contributed by atoms with van der Waals surface area (Å²) in [6.45, 7) is 7.44. The van der Waals surface area contributed by atoms with Gasteiger partial charge in [0.05, 0.1) is 11.4 Å². The summed E-state index contributed by atoms with van der Waals surface area (Å²) in [6, 6.07) is 7.36. The molecule has 0 aliphatic rings. The first kappa shape index (κ1) is 20.1. The van der Waals surface area contributed by atoms with Crippen molar-refractivity contribution in [1.82, 2.24) is 30.8 Å². The van der Waals surface area contributed by atoms with Crippen LogP contribution in [0.15, 0.2) is 24.3 Å². The van der Waals surface area contributed by atoms with Crippen molar-refractivity contribution in [3.05, 3.63) is 52.5 Å². The molecule has 0 spiro atoms. The van der Waals surface area contributed by atoms with Gasteiger partial charge in [-0.2, -0.15) is 10.2 Å². The molecular weight excluding hydrogens is 372 g/mol. The van der Waals surface area contributed by atoms with E-state index in [9.17, 15) is 9.59 Å². The Morgan fingerprint density at radius 1 is 1.14 bits per heavy atom. The second-order valence-electron chi connectivity index (χ2n) is 6.90. The van der Waals surface area contributed by atoms with Crippen molar-refractivity contribution in [2.75, 3.05) is 6.61 Å². The van der Waals surface area contributed by atoms with Crippen molar-refractivity contribution in [2.24, 2.45) is 7.05 Å². The van der Waals surface area contributed by atoms with Gasteiger partial charge in [0, 0.05) is 18.3 Å². The van der Waals surface area contributed by atoms with Gasteiger partial charge in [-0.25, -0.2) is 0 Å². The highest BCUT2D eigenvalue weighted by molar-refractivity contribution is 5.94. The fourth-order valence-electron chi connectivity index (χ4n) is 2.95. The molecule has 0 saturated carbocycles. The normalized spacial score (nSPS) is 10.7. The van der Waals surface area contributed by atoms with Gasteiger partial charge < -0.3 is 4.74 Å². The fraction of sp³-hybridized carbons (Fsp3) is 0.300. The van der Waals surface area contributed by atoms with Crippen LogP contribution in [0.2, 0.25) is 0 Å². The summed E-state index contributed by atoms with van der Waals surface area (Å²) in [5.41, 5.74) is 10.1. The topological polar surface area (TPSA) is 114 Å². The van der Waals surface area contributed by atoms with Gasteiger partial charge in [-0.1, -0.05) is 12.1 Å². The summed E-state index contributed by atoms with van der Waals surface area (Å²) in [7, 11) is 1.85. The lowest BCUT2D eigenvalue weighted by molar-refractivity contribution is -0.123. The maximum absolute atomic E-state index is 12.3. The number of H-pyrrole nitrogens is 1. The highest BCUT2D eigenvalue weighted by atomic mass is 16.5. The van der Waals surface area contributed by atoms with E-state index in [-0.39, 0.29) is 12.3 Å². The Balaban J connectivity index is 1.56. The Labute approximate surface area is 168 Å². The average molecular weight is 396 g/mol. The van der Waals surface area contributed by atoms with Crippen molar-refractivity contribution in [1.29, 1.82) is 0 Å². The molecule has 0 aliphatic carbocycles. The minimum absolute atomic E-state index is 0.215. The van der Waals surface area contributed by atoms with Crippen molar-refractivity contribution in [2.45, 2.75) is 27.7 Å². The molecule has 3 N–H and O–H groups in total. The molecule has 2 amide bonds. The number of aromatic amines is 1. The molecule has 0 bridgehead atoms. The lowest BCUT2D eigenvalue weighted by atomic mass is 10.1. The van der Waals surface area contributed by atoms with E-state index in [1.807, 2.05) is 52.9 Å². The van der Waals surface area contributed by atoms with Crippen LogP contribution in [-0.4, -0.2) is 38.4 Å². The van der Waals surface area contributed by atoms with Gasteiger partial charge in [-0.3, -0.25) is 30.2 Å². The third kappa shape index (κ3) is 4.45. The number of benzene rings is 1. The molecular formula is C20H24N6O3. The summed E-state index contributed by atoms with van der Waals surface area (Å²) in [6.07, 6.45) is 0. The number of amides is 2. The number of carbonyl (C=O) groups is 2. The van der Waals surface area contributed by atoms with Crippen molar-refractivity contribution >= 4 is 11.8 Å². The minimum atomic E-state index is -0.511. The van der Waals surface area contributed by atoms with Gasteiger partial charge in [0.2, 0.25) is 0 Å². The van der Waals surface area contributed by atoms with E-state index >= 15 is 0 Å². The molecule has 2 aromatic heterocycles. The number of hydrogen-bond donors (Lipinski definition) is 3. The van der Waals surface area contributed by atoms with E-state index in [4.69, 9.17) is 4.74 Å². The monoisotopic (exact) mass is 396 g/mol. The van der Waals surface area contributed by atoms with Gasteiger partial charge in [-0.05, 0) is 51.0 Å². The lowest BCUT2D eigenvalue weighted by Crippen LogP contribution is -2.44. The van der Waals surface area contributed by atoms with Gasteiger partial charge in [0.25, 0.3) is 11.8 Å². The highest BCUT2D eigenvalue weighted by Crippen LogP contribution is 2.25. The highest BCUT2D eigenvalue weighted by Gasteiger charge is 2.17. The zero-order chi connectivity index (χ0) is 21.1. The number of ether oxygens (including phenoxy) is 1. The maximum atomic E-state index is 12.3. The zero-order valence-corrected chi connectivity index (χ0v) is 17.1. The van der Waals surface area contributed by atoms with Crippen molar-refractivity contribution < 1.29 is 14.3 Å². The first-order chi connectivity index (χ1) is 13.8. The first-order valence-electron chi connectivity index (χ1n) is 9.11. The van der Waals surface area contributed by atoms with Crippen LogP contribution < -0.4 is 15.6 Å². The average Bonchev–Trinajstić information content (AvgIpc) is 3.25. The Bertz CT molecular complexity index is 1070.